The van der Waals surface area contributed by atoms with Gasteiger partial charge in [0.25, 0.3) is 0 Å². The molecule has 258 valence electrons. The fourth-order valence-corrected chi connectivity index (χ4v) is 12.3. The number of nitrogens with one attached hydrogen (secondary N) is 1. The standard InChI is InChI=1S/C37H56N2O2.C3H6.C2H6/c1-33(2)27(25-10-12-26(13-11-25)32(40)41-6)16-19-34(3)30(33)17-20-36(5)31(34)15-14-28-29-9-7-18-37(29,39-24-8-23-38)22-21-35(28,36)4;1-3-2;1-2/h10-13,16,28-31,39H,7-9,14-15,17-24,38H2,1-6H3;3H,1H2,2H3;1-2H3/t28?,29?,30?,31?,34?,35-,36?,37?;;/m1../s1. The average molecular weight is 633 g/mol. The molecule has 0 radical (unpaired) electrons. The summed E-state index contributed by atoms with van der Waals surface area (Å²) in [7, 11) is 1.45. The number of hydrogen-bond acceptors (Lipinski definition) is 4. The highest BCUT2D eigenvalue weighted by Crippen LogP contribution is 2.76. The Morgan fingerprint density at radius 1 is 0.935 bits per heavy atom. The first-order chi connectivity index (χ1) is 21.9. The van der Waals surface area contributed by atoms with E-state index in [0.29, 0.717) is 33.3 Å². The van der Waals surface area contributed by atoms with Crippen molar-refractivity contribution >= 4 is 11.5 Å². The molecular weight excluding hydrogens is 564 g/mol. The Bertz CT molecular complexity index is 1230. The van der Waals surface area contributed by atoms with Crippen molar-refractivity contribution in [1.82, 2.24) is 5.32 Å². The number of esters is 1. The topological polar surface area (TPSA) is 64.3 Å². The Morgan fingerprint density at radius 2 is 1.61 bits per heavy atom. The average Bonchev–Trinajstić information content (AvgIpc) is 3.46. The molecule has 0 spiro atoms. The highest BCUT2D eigenvalue weighted by atomic mass is 16.5. The largest absolute Gasteiger partial charge is 0.465 e. The minimum absolute atomic E-state index is 0.0962. The van der Waals surface area contributed by atoms with Gasteiger partial charge in [0.15, 0.2) is 0 Å². The number of hydrogen-bond donors (Lipinski definition) is 2. The predicted octanol–water partition coefficient (Wildman–Crippen LogP) is 10.2. The maximum atomic E-state index is 12.0. The lowest BCUT2D eigenvalue weighted by Crippen LogP contribution is -2.67. The lowest BCUT2D eigenvalue weighted by atomic mass is 9.33. The summed E-state index contributed by atoms with van der Waals surface area (Å²) in [5.74, 6) is 2.86. The quantitative estimate of drug-likeness (QED) is 0.186. The lowest BCUT2D eigenvalue weighted by Gasteiger charge is -2.72. The van der Waals surface area contributed by atoms with Crippen LogP contribution in [0.25, 0.3) is 5.57 Å². The number of rotatable bonds is 6. The van der Waals surface area contributed by atoms with Crippen molar-refractivity contribution in [3.63, 3.8) is 0 Å². The number of ether oxygens (including phenoxy) is 1. The molecule has 0 amide bonds. The number of allylic oxidation sites excluding steroid dienone is 3. The van der Waals surface area contributed by atoms with Crippen molar-refractivity contribution < 1.29 is 9.53 Å². The van der Waals surface area contributed by atoms with E-state index in [1.54, 1.807) is 6.08 Å². The monoisotopic (exact) mass is 633 g/mol. The van der Waals surface area contributed by atoms with Gasteiger partial charge in [0.2, 0.25) is 0 Å². The molecule has 7 unspecified atom stereocenters. The van der Waals surface area contributed by atoms with Crippen LogP contribution in [0.4, 0.5) is 0 Å². The van der Waals surface area contributed by atoms with E-state index in [4.69, 9.17) is 10.5 Å². The Morgan fingerprint density at radius 3 is 2.24 bits per heavy atom. The minimum atomic E-state index is -0.263. The molecule has 46 heavy (non-hydrogen) atoms. The number of benzene rings is 1. The van der Waals surface area contributed by atoms with Crippen LogP contribution in [0.2, 0.25) is 0 Å². The molecule has 0 aliphatic heterocycles. The van der Waals surface area contributed by atoms with Crippen LogP contribution in [0.1, 0.15) is 142 Å². The Balaban J connectivity index is 0.000000908. The van der Waals surface area contributed by atoms with Crippen LogP contribution in [-0.4, -0.2) is 31.7 Å². The predicted molar refractivity (Wildman–Crippen MR) is 196 cm³/mol. The van der Waals surface area contributed by atoms with Gasteiger partial charge in [0.1, 0.15) is 0 Å². The third kappa shape index (κ3) is 5.86. The maximum absolute atomic E-state index is 12.0. The van der Waals surface area contributed by atoms with Crippen LogP contribution in [0.15, 0.2) is 43.0 Å². The maximum Gasteiger partial charge on any atom is 0.337 e. The summed E-state index contributed by atoms with van der Waals surface area (Å²) in [5.41, 5.74) is 10.9. The zero-order valence-corrected chi connectivity index (χ0v) is 31.1. The second kappa shape index (κ2) is 14.3. The molecule has 4 fully saturated rings. The van der Waals surface area contributed by atoms with E-state index in [9.17, 15) is 4.79 Å². The van der Waals surface area contributed by atoms with Crippen LogP contribution in [0.5, 0.6) is 0 Å². The third-order valence-electron chi connectivity index (χ3n) is 14.4. The van der Waals surface area contributed by atoms with E-state index < -0.39 is 0 Å². The van der Waals surface area contributed by atoms with Crippen molar-refractivity contribution in [1.29, 1.82) is 0 Å². The molecular formula is C42H68N2O2. The molecule has 5 aliphatic rings. The zero-order valence-electron chi connectivity index (χ0n) is 31.1. The first-order valence-corrected chi connectivity index (χ1v) is 18.8. The molecule has 0 bridgehead atoms. The number of carbonyl (C=O) groups excluding carboxylic acids is 1. The summed E-state index contributed by atoms with van der Waals surface area (Å²) in [6.45, 7) is 24.3. The van der Waals surface area contributed by atoms with Gasteiger partial charge in [-0.1, -0.05) is 79.2 Å². The van der Waals surface area contributed by atoms with Crippen molar-refractivity contribution in [2.75, 3.05) is 20.2 Å². The normalized spacial score (nSPS) is 38.5. The number of methoxy groups -OCH3 is 1. The number of nitrogens with two attached hydrogens (primary N) is 1. The lowest BCUT2D eigenvalue weighted by molar-refractivity contribution is -0.216. The van der Waals surface area contributed by atoms with Crippen LogP contribution < -0.4 is 11.1 Å². The molecule has 0 heterocycles. The Labute approximate surface area is 282 Å². The Kier molecular flexibility index (Phi) is 11.5. The first kappa shape index (κ1) is 36.9. The molecule has 8 atom stereocenters. The van der Waals surface area contributed by atoms with Gasteiger partial charge in [-0.05, 0) is 153 Å². The van der Waals surface area contributed by atoms with Crippen molar-refractivity contribution in [2.45, 2.75) is 132 Å². The number of fused-ring (bicyclic) bond motifs is 7. The molecule has 0 aromatic heterocycles. The van der Waals surface area contributed by atoms with Crippen molar-refractivity contribution in [3.05, 3.63) is 54.1 Å². The fraction of sp³-hybridized carbons (Fsp3) is 0.738. The van der Waals surface area contributed by atoms with Crippen LogP contribution >= 0.6 is 0 Å². The smallest absolute Gasteiger partial charge is 0.337 e. The van der Waals surface area contributed by atoms with Crippen LogP contribution in [0.3, 0.4) is 0 Å². The summed E-state index contributed by atoms with van der Waals surface area (Å²) in [5, 5.41) is 4.12. The summed E-state index contributed by atoms with van der Waals surface area (Å²) in [6, 6.07) is 8.14. The third-order valence-corrected chi connectivity index (χ3v) is 14.4. The van der Waals surface area contributed by atoms with Gasteiger partial charge >= 0.3 is 5.97 Å². The van der Waals surface area contributed by atoms with E-state index in [-0.39, 0.29) is 11.4 Å². The molecule has 1 aromatic rings. The fourth-order valence-electron chi connectivity index (χ4n) is 12.3. The van der Waals surface area contributed by atoms with E-state index in [1.807, 2.05) is 32.9 Å². The molecule has 3 N–H and O–H groups in total. The molecule has 4 saturated carbocycles. The molecule has 5 aliphatic carbocycles. The summed E-state index contributed by atoms with van der Waals surface area (Å²) < 4.78 is 4.94. The van der Waals surface area contributed by atoms with Crippen LogP contribution in [0, 0.1) is 45.3 Å². The Hall–Kier alpha value is -1.91. The highest BCUT2D eigenvalue weighted by Gasteiger charge is 2.69. The molecule has 4 nitrogen and oxygen atoms in total. The van der Waals surface area contributed by atoms with Gasteiger partial charge < -0.3 is 15.8 Å². The first-order valence-electron chi connectivity index (χ1n) is 18.8. The van der Waals surface area contributed by atoms with E-state index in [2.05, 4.69) is 64.7 Å². The van der Waals surface area contributed by atoms with E-state index in [1.165, 1.54) is 82.5 Å². The van der Waals surface area contributed by atoms with Gasteiger partial charge in [-0.25, -0.2) is 4.79 Å². The minimum Gasteiger partial charge on any atom is -0.465 e. The molecule has 6 rings (SSSR count). The van der Waals surface area contributed by atoms with Crippen molar-refractivity contribution in [2.24, 2.45) is 51.1 Å². The summed E-state index contributed by atoms with van der Waals surface area (Å²) in [4.78, 5) is 12.0. The zero-order chi connectivity index (χ0) is 34.0. The molecule has 0 saturated heterocycles. The van der Waals surface area contributed by atoms with E-state index >= 15 is 0 Å². The second-order valence-electron chi connectivity index (χ2n) is 16.4. The van der Waals surface area contributed by atoms with Gasteiger partial charge in [-0.3, -0.25) is 0 Å². The van der Waals surface area contributed by atoms with Crippen molar-refractivity contribution in [3.8, 4) is 0 Å². The van der Waals surface area contributed by atoms with Gasteiger partial charge in [0, 0.05) is 5.54 Å². The summed E-state index contributed by atoms with van der Waals surface area (Å²) >= 11 is 0. The van der Waals surface area contributed by atoms with Gasteiger partial charge in [-0.15, -0.1) is 6.58 Å². The molecule has 4 heteroatoms. The van der Waals surface area contributed by atoms with Crippen LogP contribution in [-0.2, 0) is 4.74 Å². The summed E-state index contributed by atoms with van der Waals surface area (Å²) in [6.07, 6.45) is 19.0. The van der Waals surface area contributed by atoms with Gasteiger partial charge in [0.05, 0.1) is 12.7 Å². The SMILES string of the molecule is C=CC.CC.COC(=O)c1ccc(C2=CCC3(C)C(CCC4(C)C3CCC3C5CCCC5(NCCCN)CC[C@]34C)C2(C)C)cc1. The highest BCUT2D eigenvalue weighted by molar-refractivity contribution is 5.89. The van der Waals surface area contributed by atoms with Gasteiger partial charge in [-0.2, -0.15) is 0 Å². The van der Waals surface area contributed by atoms with E-state index in [0.717, 1.165) is 37.3 Å². The molecule has 1 aromatic carbocycles. The second-order valence-corrected chi connectivity index (χ2v) is 16.4. The number of carbonyl (C=O) groups is 1.